The van der Waals surface area contributed by atoms with E-state index in [1.807, 2.05) is 31.1 Å². The highest BCUT2D eigenvalue weighted by Gasteiger charge is 2.27. The van der Waals surface area contributed by atoms with Gasteiger partial charge in [0.25, 0.3) is 0 Å². The van der Waals surface area contributed by atoms with Gasteiger partial charge in [-0.1, -0.05) is 6.92 Å². The van der Waals surface area contributed by atoms with Crippen molar-refractivity contribution in [2.24, 2.45) is 18.9 Å². The molecule has 0 saturated heterocycles. The summed E-state index contributed by atoms with van der Waals surface area (Å²) in [5, 5.41) is 0. The van der Waals surface area contributed by atoms with Gasteiger partial charge in [-0.2, -0.15) is 0 Å². The normalized spacial score (nSPS) is 24.7. The van der Waals surface area contributed by atoms with Crippen molar-refractivity contribution in [1.82, 2.24) is 14.5 Å². The highest BCUT2D eigenvalue weighted by molar-refractivity contribution is 5.75. The molecule has 4 nitrogen and oxygen atoms in total. The third kappa shape index (κ3) is 2.23. The van der Waals surface area contributed by atoms with Crippen LogP contribution in [0.2, 0.25) is 0 Å². The zero-order valence-corrected chi connectivity index (χ0v) is 12.1. The monoisotopic (exact) mass is 271 g/mol. The van der Waals surface area contributed by atoms with Crippen LogP contribution in [0.5, 0.6) is 0 Å². The number of rotatable bonds is 3. The van der Waals surface area contributed by atoms with Crippen molar-refractivity contribution < 1.29 is 4.79 Å². The van der Waals surface area contributed by atoms with Crippen LogP contribution in [-0.4, -0.2) is 20.8 Å². The van der Waals surface area contributed by atoms with Gasteiger partial charge in [0.2, 0.25) is 0 Å². The zero-order valence-electron chi connectivity index (χ0n) is 12.1. The van der Waals surface area contributed by atoms with Crippen LogP contribution in [0.3, 0.4) is 0 Å². The SMILES string of the molecule is CC(C=O)C1CCC(c2ccnc3c2ncn3C)CC1. The first-order chi connectivity index (χ1) is 9.70. The maximum absolute atomic E-state index is 10.9. The Morgan fingerprint density at radius 3 is 2.75 bits per heavy atom. The number of hydrogen-bond acceptors (Lipinski definition) is 3. The lowest BCUT2D eigenvalue weighted by Crippen LogP contribution is -2.20. The van der Waals surface area contributed by atoms with E-state index in [2.05, 4.69) is 16.0 Å². The molecule has 1 unspecified atom stereocenters. The number of nitrogens with zero attached hydrogens (tertiary/aromatic N) is 3. The Bertz CT molecular complexity index is 611. The van der Waals surface area contributed by atoms with Gasteiger partial charge in [0, 0.05) is 19.2 Å². The molecule has 0 aliphatic heterocycles. The summed E-state index contributed by atoms with van der Waals surface area (Å²) in [5.74, 6) is 1.32. The number of imidazole rings is 1. The summed E-state index contributed by atoms with van der Waals surface area (Å²) in [6.07, 6.45) is 9.41. The number of carbonyl (C=O) groups excluding carboxylic acids is 1. The van der Waals surface area contributed by atoms with Crippen molar-refractivity contribution in [3.8, 4) is 0 Å². The molecule has 2 heterocycles. The summed E-state index contributed by atoms with van der Waals surface area (Å²) in [7, 11) is 1.98. The molecule has 0 N–H and O–H groups in total. The van der Waals surface area contributed by atoms with Gasteiger partial charge in [0.15, 0.2) is 5.65 Å². The Hall–Kier alpha value is -1.71. The molecular weight excluding hydrogens is 250 g/mol. The van der Waals surface area contributed by atoms with E-state index in [9.17, 15) is 4.79 Å². The third-order valence-electron chi connectivity index (χ3n) is 4.80. The first-order valence-corrected chi connectivity index (χ1v) is 7.42. The molecule has 4 heteroatoms. The number of hydrogen-bond donors (Lipinski definition) is 0. The predicted molar refractivity (Wildman–Crippen MR) is 78.4 cm³/mol. The Balaban J connectivity index is 1.82. The fourth-order valence-electron chi connectivity index (χ4n) is 3.44. The number of carbonyl (C=O) groups is 1. The summed E-state index contributed by atoms with van der Waals surface area (Å²) < 4.78 is 1.97. The Morgan fingerprint density at radius 2 is 2.05 bits per heavy atom. The fourth-order valence-corrected chi connectivity index (χ4v) is 3.44. The minimum Gasteiger partial charge on any atom is -0.318 e. The molecule has 0 aromatic carbocycles. The van der Waals surface area contributed by atoms with Crippen LogP contribution in [0.1, 0.15) is 44.1 Å². The van der Waals surface area contributed by atoms with Crippen LogP contribution in [0.25, 0.3) is 11.2 Å². The summed E-state index contributed by atoms with van der Waals surface area (Å²) >= 11 is 0. The first kappa shape index (κ1) is 13.3. The summed E-state index contributed by atoms with van der Waals surface area (Å²) in [6.45, 7) is 2.04. The smallest absolute Gasteiger partial charge is 0.159 e. The van der Waals surface area contributed by atoms with Crippen molar-refractivity contribution in [2.75, 3.05) is 0 Å². The van der Waals surface area contributed by atoms with Crippen LogP contribution >= 0.6 is 0 Å². The van der Waals surface area contributed by atoms with E-state index in [0.717, 1.165) is 43.1 Å². The molecule has 0 radical (unpaired) electrons. The van der Waals surface area contributed by atoms with Gasteiger partial charge in [-0.05, 0) is 49.1 Å². The molecular formula is C16H21N3O. The molecule has 106 valence electrons. The van der Waals surface area contributed by atoms with E-state index in [0.29, 0.717) is 11.8 Å². The lowest BCUT2D eigenvalue weighted by atomic mass is 9.74. The minimum atomic E-state index is 0.197. The second-order valence-corrected chi connectivity index (χ2v) is 6.03. The summed E-state index contributed by atoms with van der Waals surface area (Å²) in [4.78, 5) is 19.8. The average Bonchev–Trinajstić information content (AvgIpc) is 2.88. The molecule has 0 bridgehead atoms. The zero-order chi connectivity index (χ0) is 14.1. The lowest BCUT2D eigenvalue weighted by molar-refractivity contribution is -0.112. The third-order valence-corrected chi connectivity index (χ3v) is 4.80. The van der Waals surface area contributed by atoms with Crippen LogP contribution < -0.4 is 0 Å². The van der Waals surface area contributed by atoms with Gasteiger partial charge < -0.3 is 9.36 Å². The van der Waals surface area contributed by atoms with Crippen molar-refractivity contribution in [1.29, 1.82) is 0 Å². The van der Waals surface area contributed by atoms with E-state index in [1.54, 1.807) is 0 Å². The fraction of sp³-hybridized carbons (Fsp3) is 0.562. The van der Waals surface area contributed by atoms with Gasteiger partial charge in [0.05, 0.1) is 6.33 Å². The molecule has 1 aliphatic carbocycles. The van der Waals surface area contributed by atoms with Crippen molar-refractivity contribution in [2.45, 2.75) is 38.5 Å². The van der Waals surface area contributed by atoms with E-state index in [4.69, 9.17) is 0 Å². The average molecular weight is 271 g/mol. The second-order valence-electron chi connectivity index (χ2n) is 6.03. The summed E-state index contributed by atoms with van der Waals surface area (Å²) in [5.41, 5.74) is 3.33. The molecule has 0 amide bonds. The molecule has 1 fully saturated rings. The van der Waals surface area contributed by atoms with E-state index < -0.39 is 0 Å². The molecule has 20 heavy (non-hydrogen) atoms. The van der Waals surface area contributed by atoms with Crippen molar-refractivity contribution in [3.05, 3.63) is 24.2 Å². The predicted octanol–water partition coefficient (Wildman–Crippen LogP) is 3.08. The quantitative estimate of drug-likeness (QED) is 0.806. The maximum Gasteiger partial charge on any atom is 0.159 e. The second kappa shape index (κ2) is 5.35. The number of aryl methyl sites for hydroxylation is 1. The number of aromatic nitrogens is 3. The van der Waals surface area contributed by atoms with Crippen LogP contribution in [0.4, 0.5) is 0 Å². The van der Waals surface area contributed by atoms with Crippen molar-refractivity contribution >= 4 is 17.5 Å². The summed E-state index contributed by atoms with van der Waals surface area (Å²) in [6, 6.07) is 2.11. The molecule has 2 aromatic heterocycles. The topological polar surface area (TPSA) is 47.8 Å². The molecule has 1 aliphatic rings. The van der Waals surface area contributed by atoms with E-state index >= 15 is 0 Å². The van der Waals surface area contributed by atoms with E-state index in [1.165, 1.54) is 5.56 Å². The molecule has 2 aromatic rings. The largest absolute Gasteiger partial charge is 0.318 e. The molecule has 3 rings (SSSR count). The van der Waals surface area contributed by atoms with Crippen LogP contribution in [-0.2, 0) is 11.8 Å². The van der Waals surface area contributed by atoms with Gasteiger partial charge in [-0.25, -0.2) is 9.97 Å². The van der Waals surface area contributed by atoms with Gasteiger partial charge in [-0.3, -0.25) is 0 Å². The number of fused-ring (bicyclic) bond motifs is 1. The first-order valence-electron chi connectivity index (χ1n) is 7.42. The van der Waals surface area contributed by atoms with Crippen LogP contribution in [0, 0.1) is 11.8 Å². The lowest BCUT2D eigenvalue weighted by Gasteiger charge is -2.30. The van der Waals surface area contributed by atoms with Crippen LogP contribution in [0.15, 0.2) is 18.6 Å². The minimum absolute atomic E-state index is 0.197. The Labute approximate surface area is 119 Å². The Morgan fingerprint density at radius 1 is 1.30 bits per heavy atom. The van der Waals surface area contributed by atoms with Crippen molar-refractivity contribution in [3.63, 3.8) is 0 Å². The van der Waals surface area contributed by atoms with Gasteiger partial charge in [0.1, 0.15) is 11.8 Å². The number of pyridine rings is 1. The highest BCUT2D eigenvalue weighted by atomic mass is 16.1. The van der Waals surface area contributed by atoms with Gasteiger partial charge in [-0.15, -0.1) is 0 Å². The molecule has 1 saturated carbocycles. The molecule has 0 spiro atoms. The standard InChI is InChI=1S/C16H21N3O/c1-11(9-20)12-3-5-13(6-4-12)14-7-8-17-16-15(14)18-10-19(16)2/h7-13H,3-6H2,1-2H3. The Kier molecular flexibility index (Phi) is 3.55. The number of aldehydes is 1. The van der Waals surface area contributed by atoms with E-state index in [-0.39, 0.29) is 5.92 Å². The highest BCUT2D eigenvalue weighted by Crippen LogP contribution is 2.39. The maximum atomic E-state index is 10.9. The molecule has 1 atom stereocenters. The van der Waals surface area contributed by atoms with Gasteiger partial charge >= 0.3 is 0 Å².